The minimum atomic E-state index is -3.93. The Morgan fingerprint density at radius 3 is 1.92 bits per heavy atom. The fourth-order valence-electron chi connectivity index (χ4n) is 3.58. The van der Waals surface area contributed by atoms with E-state index in [2.05, 4.69) is 20.0 Å². The number of hydrogen-bond donors (Lipinski definition) is 2. The van der Waals surface area contributed by atoms with Crippen LogP contribution in [-0.2, 0) is 20.0 Å². The number of sulfonamides is 2. The molecule has 0 saturated heterocycles. The van der Waals surface area contributed by atoms with Crippen molar-refractivity contribution >= 4 is 43.3 Å². The summed E-state index contributed by atoms with van der Waals surface area (Å²) in [7, 11) is -6.24. The molecule has 0 aliphatic heterocycles. The summed E-state index contributed by atoms with van der Waals surface area (Å²) in [4.78, 5) is 21.0. The van der Waals surface area contributed by atoms with Crippen LogP contribution in [0.3, 0.4) is 0 Å². The molecule has 38 heavy (non-hydrogen) atoms. The Morgan fingerprint density at radius 2 is 1.34 bits per heavy atom. The molecule has 0 fully saturated rings. The van der Waals surface area contributed by atoms with E-state index in [1.165, 1.54) is 67.7 Å². The van der Waals surface area contributed by atoms with Crippen LogP contribution >= 0.6 is 0 Å². The van der Waals surface area contributed by atoms with Crippen molar-refractivity contribution < 1.29 is 21.6 Å². The number of amides is 1. The minimum Gasteiger partial charge on any atom is -0.322 e. The average molecular weight is 552 g/mol. The van der Waals surface area contributed by atoms with Gasteiger partial charge < -0.3 is 5.32 Å². The van der Waals surface area contributed by atoms with Gasteiger partial charge in [-0.05, 0) is 80.6 Å². The number of nitrogens with zero attached hydrogens (tertiary/aromatic N) is 3. The van der Waals surface area contributed by atoms with Crippen LogP contribution < -0.4 is 14.3 Å². The summed E-state index contributed by atoms with van der Waals surface area (Å²) < 4.78 is 54.5. The first-order valence-electron chi connectivity index (χ1n) is 11.4. The quantitative estimate of drug-likeness (QED) is 0.338. The van der Waals surface area contributed by atoms with Crippen LogP contribution in [0.25, 0.3) is 0 Å². The Kier molecular flexibility index (Phi) is 7.46. The molecule has 4 aromatic rings. The number of rotatable bonds is 8. The van der Waals surface area contributed by atoms with Gasteiger partial charge in [0.05, 0.1) is 15.5 Å². The number of aromatic nitrogens is 2. The summed E-state index contributed by atoms with van der Waals surface area (Å²) in [5.74, 6) is -0.465. The normalized spacial score (nSPS) is 11.6. The van der Waals surface area contributed by atoms with E-state index < -0.39 is 26.0 Å². The lowest BCUT2D eigenvalue weighted by molar-refractivity contribution is 0.102. The van der Waals surface area contributed by atoms with Gasteiger partial charge in [0.2, 0.25) is 5.95 Å². The van der Waals surface area contributed by atoms with Gasteiger partial charge in [0, 0.05) is 29.7 Å². The maximum atomic E-state index is 12.8. The summed E-state index contributed by atoms with van der Waals surface area (Å²) in [6, 6.07) is 21.5. The Hall–Kier alpha value is -4.29. The van der Waals surface area contributed by atoms with E-state index >= 15 is 0 Å². The van der Waals surface area contributed by atoms with Crippen LogP contribution in [0.15, 0.2) is 94.7 Å². The molecule has 0 spiro atoms. The van der Waals surface area contributed by atoms with Gasteiger partial charge in [-0.2, -0.15) is 0 Å². The van der Waals surface area contributed by atoms with Crippen molar-refractivity contribution in [2.45, 2.75) is 23.6 Å². The topological polar surface area (TPSA) is 138 Å². The number of carbonyl (C=O) groups excluding carboxylic acids is 1. The van der Waals surface area contributed by atoms with Crippen LogP contribution in [0.1, 0.15) is 21.7 Å². The molecular weight excluding hydrogens is 526 g/mol. The number of benzene rings is 3. The summed E-state index contributed by atoms with van der Waals surface area (Å²) in [6.45, 7) is 3.48. The van der Waals surface area contributed by atoms with E-state index in [0.717, 1.165) is 4.31 Å². The number of anilines is 3. The highest BCUT2D eigenvalue weighted by molar-refractivity contribution is 7.93. The van der Waals surface area contributed by atoms with Gasteiger partial charge in [0.15, 0.2) is 0 Å². The molecule has 0 aliphatic carbocycles. The van der Waals surface area contributed by atoms with Crippen LogP contribution in [-0.4, -0.2) is 39.8 Å². The molecule has 0 radical (unpaired) electrons. The van der Waals surface area contributed by atoms with Gasteiger partial charge in [-0.15, -0.1) is 0 Å². The van der Waals surface area contributed by atoms with Crippen molar-refractivity contribution in [2.24, 2.45) is 0 Å². The first kappa shape index (κ1) is 26.8. The summed E-state index contributed by atoms with van der Waals surface area (Å²) in [5.41, 5.74) is 2.32. The van der Waals surface area contributed by atoms with Crippen LogP contribution in [0.4, 0.5) is 17.3 Å². The molecule has 4 rings (SSSR count). The third kappa shape index (κ3) is 5.98. The van der Waals surface area contributed by atoms with Gasteiger partial charge in [0.25, 0.3) is 26.0 Å². The molecule has 12 heteroatoms. The van der Waals surface area contributed by atoms with Crippen LogP contribution in [0.5, 0.6) is 0 Å². The molecule has 1 amide bonds. The predicted octanol–water partition coefficient (Wildman–Crippen LogP) is 3.97. The monoisotopic (exact) mass is 551 g/mol. The maximum absolute atomic E-state index is 12.8. The smallest absolute Gasteiger partial charge is 0.264 e. The first-order valence-corrected chi connectivity index (χ1v) is 14.3. The largest absolute Gasteiger partial charge is 0.322 e. The van der Waals surface area contributed by atoms with Crippen molar-refractivity contribution in [2.75, 3.05) is 21.4 Å². The van der Waals surface area contributed by atoms with Gasteiger partial charge in [-0.1, -0.05) is 18.2 Å². The zero-order chi connectivity index (χ0) is 27.5. The SMILES string of the molecule is Cc1cc(C)nc(NS(=O)(=O)c2ccc(NC(=O)c3ccc(N(C)S(=O)(=O)c4ccccc4)cc3)cc2)n1. The zero-order valence-corrected chi connectivity index (χ0v) is 22.4. The molecule has 1 aromatic heterocycles. The highest BCUT2D eigenvalue weighted by Gasteiger charge is 2.21. The molecule has 0 unspecified atom stereocenters. The van der Waals surface area contributed by atoms with E-state index in [0.29, 0.717) is 28.3 Å². The van der Waals surface area contributed by atoms with Gasteiger partial charge in [-0.3, -0.25) is 9.10 Å². The molecule has 3 aromatic carbocycles. The molecule has 2 N–H and O–H groups in total. The lowest BCUT2D eigenvalue weighted by atomic mass is 10.2. The Labute approximate surface area is 221 Å². The van der Waals surface area contributed by atoms with Crippen molar-refractivity contribution in [3.8, 4) is 0 Å². The molecule has 0 bridgehead atoms. The van der Waals surface area contributed by atoms with Crippen molar-refractivity contribution in [3.05, 3.63) is 102 Å². The van der Waals surface area contributed by atoms with Crippen molar-refractivity contribution in [3.63, 3.8) is 0 Å². The van der Waals surface area contributed by atoms with Gasteiger partial charge in [0.1, 0.15) is 0 Å². The highest BCUT2D eigenvalue weighted by atomic mass is 32.2. The van der Waals surface area contributed by atoms with Crippen LogP contribution in [0.2, 0.25) is 0 Å². The number of carbonyl (C=O) groups is 1. The van der Waals surface area contributed by atoms with Crippen molar-refractivity contribution in [1.82, 2.24) is 9.97 Å². The first-order chi connectivity index (χ1) is 18.0. The second-order valence-corrected chi connectivity index (χ2v) is 12.0. The molecule has 196 valence electrons. The van der Waals surface area contributed by atoms with Gasteiger partial charge in [-0.25, -0.2) is 31.5 Å². The minimum absolute atomic E-state index is 0.0226. The Morgan fingerprint density at radius 1 is 0.763 bits per heavy atom. The molecular formula is C26H25N5O5S2. The summed E-state index contributed by atoms with van der Waals surface area (Å²) in [5, 5.41) is 2.70. The second kappa shape index (κ2) is 10.6. The van der Waals surface area contributed by atoms with Crippen molar-refractivity contribution in [1.29, 1.82) is 0 Å². The Balaban J connectivity index is 1.43. The molecule has 10 nitrogen and oxygen atoms in total. The molecule has 0 saturated carbocycles. The standard InChI is InChI=1S/C26H25N5O5S2/c1-18-17-19(2)28-26(27-18)30-37(33,34)23-15-11-21(12-16-23)29-25(32)20-9-13-22(14-10-20)31(3)38(35,36)24-7-5-4-6-8-24/h4-17H,1-3H3,(H,29,32)(H,27,28,30). The van der Waals surface area contributed by atoms with E-state index in [1.807, 2.05) is 0 Å². The van der Waals surface area contributed by atoms with E-state index in [9.17, 15) is 21.6 Å². The molecule has 0 atom stereocenters. The summed E-state index contributed by atoms with van der Waals surface area (Å²) >= 11 is 0. The van der Waals surface area contributed by atoms with E-state index in [-0.39, 0.29) is 15.7 Å². The number of nitrogens with one attached hydrogen (secondary N) is 2. The second-order valence-electron chi connectivity index (χ2n) is 8.39. The average Bonchev–Trinajstić information content (AvgIpc) is 2.88. The maximum Gasteiger partial charge on any atom is 0.264 e. The lowest BCUT2D eigenvalue weighted by Crippen LogP contribution is -2.26. The zero-order valence-electron chi connectivity index (χ0n) is 20.8. The Bertz CT molecular complexity index is 1650. The molecule has 1 heterocycles. The predicted molar refractivity (Wildman–Crippen MR) is 145 cm³/mol. The molecule has 0 aliphatic rings. The number of aryl methyl sites for hydroxylation is 2. The fraction of sp³-hybridized carbons (Fsp3) is 0.115. The van der Waals surface area contributed by atoms with E-state index in [4.69, 9.17) is 0 Å². The van der Waals surface area contributed by atoms with Crippen LogP contribution in [0, 0.1) is 13.8 Å². The summed E-state index contributed by atoms with van der Waals surface area (Å²) in [6.07, 6.45) is 0. The highest BCUT2D eigenvalue weighted by Crippen LogP contribution is 2.23. The lowest BCUT2D eigenvalue weighted by Gasteiger charge is -2.19. The van der Waals surface area contributed by atoms with Gasteiger partial charge >= 0.3 is 0 Å². The fourth-order valence-corrected chi connectivity index (χ4v) is 5.74. The number of hydrogen-bond acceptors (Lipinski definition) is 7. The third-order valence-electron chi connectivity index (χ3n) is 5.53. The van der Waals surface area contributed by atoms with E-state index in [1.54, 1.807) is 38.1 Å². The third-order valence-corrected chi connectivity index (χ3v) is 8.67.